The van der Waals surface area contributed by atoms with E-state index in [0.717, 1.165) is 6.42 Å². The molecule has 0 bridgehead atoms. The van der Waals surface area contributed by atoms with Gasteiger partial charge >= 0.3 is 0 Å². The van der Waals surface area contributed by atoms with E-state index < -0.39 is 0 Å². The molecule has 1 aromatic carbocycles. The van der Waals surface area contributed by atoms with Crippen molar-refractivity contribution in [2.75, 3.05) is 0 Å². The number of rotatable bonds is 3. The van der Waals surface area contributed by atoms with E-state index in [1.165, 1.54) is 11.1 Å². The van der Waals surface area contributed by atoms with Gasteiger partial charge in [-0.2, -0.15) is 0 Å². The second kappa shape index (κ2) is 4.07. The van der Waals surface area contributed by atoms with E-state index in [1.807, 2.05) is 12.1 Å². The maximum absolute atomic E-state index is 5.90. The second-order valence-corrected chi connectivity index (χ2v) is 3.05. The number of hydrogen-bond acceptors (Lipinski definition) is 1. The molecule has 1 rings (SSSR count). The van der Waals surface area contributed by atoms with E-state index in [1.54, 1.807) is 0 Å². The monoisotopic (exact) mass is 161 g/mol. The normalized spacial score (nSPS) is 12.5. The minimum absolute atomic E-state index is 0.0994. The highest BCUT2D eigenvalue weighted by Crippen LogP contribution is 2.14. The highest BCUT2D eigenvalue weighted by molar-refractivity contribution is 5.25. The van der Waals surface area contributed by atoms with Gasteiger partial charge in [-0.25, -0.2) is 0 Å². The van der Waals surface area contributed by atoms with Gasteiger partial charge in [0.25, 0.3) is 0 Å². The molecule has 0 radical (unpaired) electrons. The van der Waals surface area contributed by atoms with Crippen LogP contribution in [0.3, 0.4) is 0 Å². The topological polar surface area (TPSA) is 26.0 Å². The van der Waals surface area contributed by atoms with Crippen molar-refractivity contribution in [1.29, 1.82) is 0 Å². The zero-order valence-electron chi connectivity index (χ0n) is 7.46. The van der Waals surface area contributed by atoms with Crippen molar-refractivity contribution >= 4 is 0 Å². The van der Waals surface area contributed by atoms with E-state index in [-0.39, 0.29) is 6.04 Å². The first-order valence-corrected chi connectivity index (χ1v) is 4.17. The lowest BCUT2D eigenvalue weighted by atomic mass is 10.0. The molecule has 0 fully saturated rings. The molecule has 1 heteroatoms. The average Bonchev–Trinajstić information content (AvgIpc) is 2.05. The van der Waals surface area contributed by atoms with Crippen LogP contribution in [-0.4, -0.2) is 0 Å². The lowest BCUT2D eigenvalue weighted by Gasteiger charge is -2.09. The number of aryl methyl sites for hydroxylation is 1. The molecule has 0 aliphatic carbocycles. The number of benzene rings is 1. The van der Waals surface area contributed by atoms with Gasteiger partial charge in [-0.05, 0) is 18.9 Å². The van der Waals surface area contributed by atoms with E-state index in [9.17, 15) is 0 Å². The van der Waals surface area contributed by atoms with Gasteiger partial charge in [0.1, 0.15) is 0 Å². The van der Waals surface area contributed by atoms with Crippen molar-refractivity contribution in [1.82, 2.24) is 0 Å². The first-order valence-electron chi connectivity index (χ1n) is 4.17. The van der Waals surface area contributed by atoms with Crippen molar-refractivity contribution in [2.45, 2.75) is 19.4 Å². The summed E-state index contributed by atoms with van der Waals surface area (Å²) in [6.07, 6.45) is 2.69. The van der Waals surface area contributed by atoms with E-state index in [0.29, 0.717) is 0 Å². The molecule has 0 heterocycles. The van der Waals surface area contributed by atoms with Crippen LogP contribution in [0.4, 0.5) is 0 Å². The molecule has 1 aromatic rings. The van der Waals surface area contributed by atoms with Crippen molar-refractivity contribution in [3.05, 3.63) is 48.0 Å². The Kier molecular flexibility index (Phi) is 3.06. The van der Waals surface area contributed by atoms with Crippen molar-refractivity contribution in [2.24, 2.45) is 5.73 Å². The predicted octanol–water partition coefficient (Wildman–Crippen LogP) is 2.57. The van der Waals surface area contributed by atoms with Crippen LogP contribution in [0.2, 0.25) is 0 Å². The molecule has 64 valence electrons. The predicted molar refractivity (Wildman–Crippen MR) is 52.9 cm³/mol. The fourth-order valence-corrected chi connectivity index (χ4v) is 1.22. The van der Waals surface area contributed by atoms with Gasteiger partial charge in [-0.3, -0.25) is 0 Å². The van der Waals surface area contributed by atoms with Crippen molar-refractivity contribution in [3.8, 4) is 0 Å². The van der Waals surface area contributed by atoms with Crippen LogP contribution >= 0.6 is 0 Å². The van der Waals surface area contributed by atoms with E-state index in [4.69, 9.17) is 5.73 Å². The zero-order chi connectivity index (χ0) is 8.97. The molecule has 2 N–H and O–H groups in total. The Morgan fingerprint density at radius 1 is 1.58 bits per heavy atom. The molecular formula is C11H15N. The molecule has 0 aromatic heterocycles. The first kappa shape index (κ1) is 9.01. The SMILES string of the molecule is C=CC[C@@H](N)c1cccc(C)c1. The summed E-state index contributed by atoms with van der Waals surface area (Å²) in [5.41, 5.74) is 8.35. The summed E-state index contributed by atoms with van der Waals surface area (Å²) in [4.78, 5) is 0. The average molecular weight is 161 g/mol. The fraction of sp³-hybridized carbons (Fsp3) is 0.273. The molecule has 0 saturated carbocycles. The Morgan fingerprint density at radius 2 is 2.33 bits per heavy atom. The smallest absolute Gasteiger partial charge is 0.0329 e. The molecule has 0 aliphatic heterocycles. The minimum atomic E-state index is 0.0994. The van der Waals surface area contributed by atoms with Crippen LogP contribution in [0.5, 0.6) is 0 Å². The quantitative estimate of drug-likeness (QED) is 0.677. The van der Waals surface area contributed by atoms with Gasteiger partial charge in [-0.1, -0.05) is 35.9 Å². The number of nitrogens with two attached hydrogens (primary N) is 1. The second-order valence-electron chi connectivity index (χ2n) is 3.05. The van der Waals surface area contributed by atoms with Gasteiger partial charge < -0.3 is 5.73 Å². The molecule has 0 spiro atoms. The Hall–Kier alpha value is -1.08. The third-order valence-corrected chi connectivity index (χ3v) is 1.89. The molecular weight excluding hydrogens is 146 g/mol. The van der Waals surface area contributed by atoms with Crippen LogP contribution in [0.1, 0.15) is 23.6 Å². The van der Waals surface area contributed by atoms with Gasteiger partial charge in [0.15, 0.2) is 0 Å². The summed E-state index contributed by atoms with van der Waals surface area (Å²) in [6, 6.07) is 8.38. The maximum atomic E-state index is 5.90. The number of hydrogen-bond donors (Lipinski definition) is 1. The lowest BCUT2D eigenvalue weighted by molar-refractivity contribution is 0.741. The van der Waals surface area contributed by atoms with Gasteiger partial charge in [-0.15, -0.1) is 6.58 Å². The third-order valence-electron chi connectivity index (χ3n) is 1.89. The Bertz CT molecular complexity index is 265. The van der Waals surface area contributed by atoms with Gasteiger partial charge in [0.05, 0.1) is 0 Å². The van der Waals surface area contributed by atoms with Crippen LogP contribution in [-0.2, 0) is 0 Å². The molecule has 0 aliphatic rings. The van der Waals surface area contributed by atoms with Crippen molar-refractivity contribution < 1.29 is 0 Å². The van der Waals surface area contributed by atoms with E-state index in [2.05, 4.69) is 31.7 Å². The molecule has 0 unspecified atom stereocenters. The van der Waals surface area contributed by atoms with Gasteiger partial charge in [0.2, 0.25) is 0 Å². The molecule has 0 saturated heterocycles. The largest absolute Gasteiger partial charge is 0.324 e. The highest BCUT2D eigenvalue weighted by atomic mass is 14.6. The summed E-state index contributed by atoms with van der Waals surface area (Å²) < 4.78 is 0. The lowest BCUT2D eigenvalue weighted by Crippen LogP contribution is -2.08. The Morgan fingerprint density at radius 3 is 2.92 bits per heavy atom. The molecule has 0 amide bonds. The molecule has 1 nitrogen and oxygen atoms in total. The third kappa shape index (κ3) is 2.21. The first-order chi connectivity index (χ1) is 5.74. The Balaban J connectivity index is 2.80. The highest BCUT2D eigenvalue weighted by Gasteiger charge is 2.02. The van der Waals surface area contributed by atoms with Crippen molar-refractivity contribution in [3.63, 3.8) is 0 Å². The summed E-state index contributed by atoms with van der Waals surface area (Å²) >= 11 is 0. The zero-order valence-corrected chi connectivity index (χ0v) is 7.46. The van der Waals surface area contributed by atoms with Crippen LogP contribution in [0.25, 0.3) is 0 Å². The summed E-state index contributed by atoms with van der Waals surface area (Å²) in [5.74, 6) is 0. The fourth-order valence-electron chi connectivity index (χ4n) is 1.22. The Labute approximate surface area is 73.9 Å². The van der Waals surface area contributed by atoms with E-state index >= 15 is 0 Å². The standard InChI is InChI=1S/C11H15N/c1-3-5-11(12)10-7-4-6-9(2)8-10/h3-4,6-8,11H,1,5,12H2,2H3/t11-/m1/s1. The minimum Gasteiger partial charge on any atom is -0.324 e. The van der Waals surface area contributed by atoms with Gasteiger partial charge in [0, 0.05) is 6.04 Å². The summed E-state index contributed by atoms with van der Waals surface area (Å²) in [7, 11) is 0. The maximum Gasteiger partial charge on any atom is 0.0329 e. The van der Waals surface area contributed by atoms with Crippen LogP contribution < -0.4 is 5.73 Å². The summed E-state index contributed by atoms with van der Waals surface area (Å²) in [5, 5.41) is 0. The molecule has 1 atom stereocenters. The molecule has 12 heavy (non-hydrogen) atoms. The van der Waals surface area contributed by atoms with Crippen LogP contribution in [0.15, 0.2) is 36.9 Å². The van der Waals surface area contributed by atoms with Crippen LogP contribution in [0, 0.1) is 6.92 Å². The summed E-state index contributed by atoms with van der Waals surface area (Å²) in [6.45, 7) is 5.74.